The predicted octanol–water partition coefficient (Wildman–Crippen LogP) is 5.18. The Bertz CT molecular complexity index is 1220. The number of ether oxygens (including phenoxy) is 1. The summed E-state index contributed by atoms with van der Waals surface area (Å²) in [4.78, 5) is 31.7. The molecule has 10 heteroatoms. The molecule has 0 bridgehead atoms. The normalized spacial score (nSPS) is 14.2. The van der Waals surface area contributed by atoms with Crippen molar-refractivity contribution < 1.29 is 9.53 Å². The van der Waals surface area contributed by atoms with Crippen molar-refractivity contribution in [3.05, 3.63) is 74.0 Å². The number of hydrogen-bond acceptors (Lipinski definition) is 5. The summed E-state index contributed by atoms with van der Waals surface area (Å²) in [6.07, 6.45) is 0.958. The molecule has 33 heavy (non-hydrogen) atoms. The van der Waals surface area contributed by atoms with Crippen LogP contribution in [0.5, 0.6) is 0 Å². The average molecular weight is 508 g/mol. The zero-order valence-corrected chi connectivity index (χ0v) is 20.0. The second-order valence-corrected chi connectivity index (χ2v) is 8.89. The molecule has 172 valence electrons. The molecule has 1 aliphatic heterocycles. The molecule has 0 aliphatic carbocycles. The molecule has 1 aliphatic rings. The topological polar surface area (TPSA) is 76.5 Å². The van der Waals surface area contributed by atoms with Crippen LogP contribution >= 0.6 is 34.8 Å². The minimum Gasteiger partial charge on any atom is -0.453 e. The third kappa shape index (κ3) is 5.27. The van der Waals surface area contributed by atoms with Gasteiger partial charge in [0.2, 0.25) is 0 Å². The van der Waals surface area contributed by atoms with E-state index in [0.717, 1.165) is 0 Å². The molecule has 1 saturated heterocycles. The lowest BCUT2D eigenvalue weighted by Gasteiger charge is -2.33. The van der Waals surface area contributed by atoms with Crippen molar-refractivity contribution in [3.63, 3.8) is 0 Å². The van der Waals surface area contributed by atoms with E-state index in [2.05, 4.69) is 10.1 Å². The minimum atomic E-state index is -0.447. The molecule has 1 fully saturated rings. The summed E-state index contributed by atoms with van der Waals surface area (Å²) < 4.78 is 6.18. The fraction of sp³-hybridized carbons (Fsp3) is 0.261. The van der Waals surface area contributed by atoms with Gasteiger partial charge in [-0.3, -0.25) is 9.36 Å². The number of carbonyl (C=O) groups is 1. The van der Waals surface area contributed by atoms with Gasteiger partial charge in [0.25, 0.3) is 5.56 Å². The highest BCUT2D eigenvalue weighted by Crippen LogP contribution is 2.31. The second-order valence-electron chi connectivity index (χ2n) is 7.61. The van der Waals surface area contributed by atoms with Crippen LogP contribution in [0.3, 0.4) is 0 Å². The Hall–Kier alpha value is -2.74. The molecule has 1 aromatic heterocycles. The van der Waals surface area contributed by atoms with Crippen molar-refractivity contribution >= 4 is 46.7 Å². The molecule has 0 radical (unpaired) electrons. The monoisotopic (exact) mass is 506 g/mol. The molecule has 3 aromatic rings. The largest absolute Gasteiger partial charge is 0.453 e. The first kappa shape index (κ1) is 23.4. The Morgan fingerprint density at radius 3 is 2.33 bits per heavy atom. The van der Waals surface area contributed by atoms with E-state index < -0.39 is 6.09 Å². The van der Waals surface area contributed by atoms with Gasteiger partial charge in [-0.15, -0.1) is 0 Å². The lowest BCUT2D eigenvalue weighted by atomic mass is 10.1. The van der Waals surface area contributed by atoms with E-state index in [1.165, 1.54) is 17.7 Å². The van der Waals surface area contributed by atoms with E-state index >= 15 is 0 Å². The molecule has 7 nitrogen and oxygen atoms in total. The van der Waals surface area contributed by atoms with Gasteiger partial charge in [-0.05, 0) is 55.3 Å². The van der Waals surface area contributed by atoms with Gasteiger partial charge < -0.3 is 15.0 Å². The maximum Gasteiger partial charge on any atom is 0.407 e. The summed E-state index contributed by atoms with van der Waals surface area (Å²) >= 11 is 18.6. The van der Waals surface area contributed by atoms with Crippen LogP contribution in [-0.4, -0.2) is 41.9 Å². The summed E-state index contributed by atoms with van der Waals surface area (Å²) in [5, 5.41) is 4.25. The number of nitrogens with one attached hydrogen (secondary N) is 1. The van der Waals surface area contributed by atoms with Crippen LogP contribution in [0.2, 0.25) is 15.1 Å². The molecule has 0 saturated carbocycles. The first-order chi connectivity index (χ1) is 15.9. The number of rotatable bonds is 4. The quantitative estimate of drug-likeness (QED) is 0.526. The number of hydrogen-bond donors (Lipinski definition) is 1. The fourth-order valence-corrected chi connectivity index (χ4v) is 4.42. The first-order valence-electron chi connectivity index (χ1n) is 10.3. The van der Waals surface area contributed by atoms with E-state index in [4.69, 9.17) is 39.8 Å². The van der Waals surface area contributed by atoms with Crippen molar-refractivity contribution in [1.82, 2.24) is 14.9 Å². The molecule has 1 N–H and O–H groups in total. The lowest BCUT2D eigenvalue weighted by molar-refractivity contribution is 0.164. The van der Waals surface area contributed by atoms with Crippen LogP contribution in [0.4, 0.5) is 10.6 Å². The van der Waals surface area contributed by atoms with E-state index in [1.54, 1.807) is 42.5 Å². The number of amides is 1. The van der Waals surface area contributed by atoms with Crippen LogP contribution in [0.25, 0.3) is 17.1 Å². The number of aromatic nitrogens is 2. The number of halogens is 3. The predicted molar refractivity (Wildman–Crippen MR) is 131 cm³/mol. The highest BCUT2D eigenvalue weighted by Gasteiger charge is 2.24. The number of nitrogens with zero attached hydrogens (tertiary/aromatic N) is 3. The van der Waals surface area contributed by atoms with Gasteiger partial charge >= 0.3 is 6.09 Å². The van der Waals surface area contributed by atoms with Crippen molar-refractivity contribution in [1.29, 1.82) is 0 Å². The third-order valence-corrected chi connectivity index (χ3v) is 6.29. The standard InChI is InChI=1S/C23H21Cl3N4O3/c1-33-23(32)27-16-8-10-29(11-9-16)20-13-21(31)30(17-5-2-14(24)3-6-17)22(28-20)18-7-4-15(25)12-19(18)26/h2-7,12-13,16H,8-11H2,1H3,(H,27,32). The zero-order valence-electron chi connectivity index (χ0n) is 17.7. The number of methoxy groups -OCH3 is 1. The highest BCUT2D eigenvalue weighted by molar-refractivity contribution is 6.36. The Morgan fingerprint density at radius 1 is 1.03 bits per heavy atom. The number of carbonyl (C=O) groups excluding carboxylic acids is 1. The average Bonchev–Trinajstić information content (AvgIpc) is 2.80. The van der Waals surface area contributed by atoms with Gasteiger partial charge in [0, 0.05) is 40.8 Å². The van der Waals surface area contributed by atoms with Crippen LogP contribution in [0.15, 0.2) is 53.3 Å². The number of benzene rings is 2. The number of piperidine rings is 1. The lowest BCUT2D eigenvalue weighted by Crippen LogP contribution is -2.45. The Kier molecular flexibility index (Phi) is 7.12. The van der Waals surface area contributed by atoms with E-state index in [9.17, 15) is 9.59 Å². The second kappa shape index (κ2) is 10.0. The van der Waals surface area contributed by atoms with Gasteiger partial charge in [-0.25, -0.2) is 9.78 Å². The molecule has 0 spiro atoms. The van der Waals surface area contributed by atoms with Crippen LogP contribution in [-0.2, 0) is 4.74 Å². The maximum atomic E-state index is 13.3. The van der Waals surface area contributed by atoms with Crippen LogP contribution < -0.4 is 15.8 Å². The van der Waals surface area contributed by atoms with Crippen LogP contribution in [0, 0.1) is 0 Å². The zero-order chi connectivity index (χ0) is 23.5. The molecule has 4 rings (SSSR count). The Balaban J connectivity index is 1.74. The number of alkyl carbamates (subject to hydrolysis) is 1. The maximum absolute atomic E-state index is 13.3. The minimum absolute atomic E-state index is 0.00770. The van der Waals surface area contributed by atoms with Crippen molar-refractivity contribution in [2.75, 3.05) is 25.1 Å². The van der Waals surface area contributed by atoms with E-state index in [-0.39, 0.29) is 11.6 Å². The summed E-state index contributed by atoms with van der Waals surface area (Å²) in [5.41, 5.74) is 0.945. The summed E-state index contributed by atoms with van der Waals surface area (Å²) in [6, 6.07) is 13.5. The Morgan fingerprint density at radius 2 is 1.70 bits per heavy atom. The Labute approximate surface area is 205 Å². The SMILES string of the molecule is COC(=O)NC1CCN(c2cc(=O)n(-c3ccc(Cl)cc3)c(-c3ccc(Cl)cc3Cl)n2)CC1. The summed E-state index contributed by atoms with van der Waals surface area (Å²) in [7, 11) is 1.34. The summed E-state index contributed by atoms with van der Waals surface area (Å²) in [6.45, 7) is 1.25. The van der Waals surface area contributed by atoms with E-state index in [0.29, 0.717) is 63.9 Å². The molecule has 2 aromatic carbocycles. The van der Waals surface area contributed by atoms with Crippen molar-refractivity contribution in [3.8, 4) is 17.1 Å². The van der Waals surface area contributed by atoms with Gasteiger partial charge in [-0.1, -0.05) is 34.8 Å². The van der Waals surface area contributed by atoms with Gasteiger partial charge in [0.15, 0.2) is 5.82 Å². The van der Waals surface area contributed by atoms with Crippen LogP contribution in [0.1, 0.15) is 12.8 Å². The molecular formula is C23H21Cl3N4O3. The van der Waals surface area contributed by atoms with Crippen molar-refractivity contribution in [2.45, 2.75) is 18.9 Å². The molecular weight excluding hydrogens is 487 g/mol. The third-order valence-electron chi connectivity index (χ3n) is 5.49. The highest BCUT2D eigenvalue weighted by atomic mass is 35.5. The molecule has 0 unspecified atom stereocenters. The van der Waals surface area contributed by atoms with E-state index in [1.807, 2.05) is 4.90 Å². The first-order valence-corrected chi connectivity index (χ1v) is 11.4. The number of anilines is 1. The van der Waals surface area contributed by atoms with Crippen molar-refractivity contribution in [2.24, 2.45) is 0 Å². The smallest absolute Gasteiger partial charge is 0.407 e. The van der Waals surface area contributed by atoms with Gasteiger partial charge in [-0.2, -0.15) is 0 Å². The van der Waals surface area contributed by atoms with Gasteiger partial charge in [0.05, 0.1) is 17.8 Å². The summed E-state index contributed by atoms with van der Waals surface area (Å²) in [5.74, 6) is 0.944. The molecule has 2 heterocycles. The molecule has 1 amide bonds. The van der Waals surface area contributed by atoms with Gasteiger partial charge in [0.1, 0.15) is 5.82 Å². The molecule has 0 atom stereocenters. The fourth-order valence-electron chi connectivity index (χ4n) is 3.80.